The first kappa shape index (κ1) is 12.2. The summed E-state index contributed by atoms with van der Waals surface area (Å²) in [6.45, 7) is 6.84. The van der Waals surface area contributed by atoms with E-state index in [1.54, 1.807) is 0 Å². The predicted octanol–water partition coefficient (Wildman–Crippen LogP) is 4.40. The molecule has 2 rings (SSSR count). The van der Waals surface area contributed by atoms with E-state index in [0.717, 1.165) is 6.20 Å². The first-order valence-corrected chi connectivity index (χ1v) is 6.30. The fourth-order valence-electron chi connectivity index (χ4n) is 3.87. The summed E-state index contributed by atoms with van der Waals surface area (Å²) in [6, 6.07) is 0. The maximum absolute atomic E-state index is 9.77. The average Bonchev–Trinajstić information content (AvgIpc) is 2.63. The number of allylic oxidation sites excluding steroid dienone is 3. The van der Waals surface area contributed by atoms with Crippen molar-refractivity contribution in [2.24, 2.45) is 16.2 Å². The fourth-order valence-corrected chi connectivity index (χ4v) is 3.87. The van der Waals surface area contributed by atoms with Gasteiger partial charge in [0.05, 0.1) is 0 Å². The van der Waals surface area contributed by atoms with Gasteiger partial charge in [-0.1, -0.05) is 39.3 Å². The van der Waals surface area contributed by atoms with E-state index < -0.39 is 0 Å². The monoisotopic (exact) mass is 233 g/mol. The molecule has 0 aromatic heterocycles. The third-order valence-corrected chi connectivity index (χ3v) is 5.47. The maximum atomic E-state index is 9.77. The highest BCUT2D eigenvalue weighted by Gasteiger charge is 2.59. The van der Waals surface area contributed by atoms with Crippen LogP contribution in [-0.2, 0) is 0 Å². The number of hydrogen-bond donors (Lipinski definition) is 1. The van der Waals surface area contributed by atoms with E-state index in [0.29, 0.717) is 6.42 Å². The van der Waals surface area contributed by atoms with Crippen LogP contribution in [0.2, 0.25) is 0 Å². The summed E-state index contributed by atoms with van der Waals surface area (Å²) in [5, 5.41) is 18.2. The van der Waals surface area contributed by atoms with Gasteiger partial charge in [-0.3, -0.25) is 0 Å². The molecule has 0 spiro atoms. The minimum absolute atomic E-state index is 0.0521. The molecule has 0 heterocycles. The summed E-state index contributed by atoms with van der Waals surface area (Å²) < 4.78 is 0. The first-order chi connectivity index (χ1) is 7.87. The number of fused-ring (bicyclic) bond motifs is 1. The predicted molar refractivity (Wildman–Crippen MR) is 67.7 cm³/mol. The molecule has 0 aromatic carbocycles. The van der Waals surface area contributed by atoms with Gasteiger partial charge in [-0.25, -0.2) is 0 Å². The zero-order valence-corrected chi connectivity index (χ0v) is 10.9. The van der Waals surface area contributed by atoms with Gasteiger partial charge >= 0.3 is 6.20 Å². The Labute approximate surface area is 103 Å². The molecule has 0 bridgehead atoms. The van der Waals surface area contributed by atoms with Crippen LogP contribution in [0, 0.1) is 21.6 Å². The number of hydrogen-bond acceptors (Lipinski definition) is 2. The van der Waals surface area contributed by atoms with Crippen molar-refractivity contribution in [3.05, 3.63) is 29.1 Å². The molecule has 17 heavy (non-hydrogen) atoms. The molecule has 0 unspecified atom stereocenters. The van der Waals surface area contributed by atoms with Gasteiger partial charge in [-0.2, -0.15) is 0 Å². The number of rotatable bonds is 2. The lowest BCUT2D eigenvalue weighted by Crippen LogP contribution is -2.40. The topological polar surface area (TPSA) is 48.4 Å². The van der Waals surface area contributed by atoms with Crippen LogP contribution in [0.25, 0.3) is 4.98 Å². The van der Waals surface area contributed by atoms with Crippen LogP contribution in [0.1, 0.15) is 46.5 Å². The van der Waals surface area contributed by atoms with Crippen LogP contribution in [0.15, 0.2) is 24.1 Å². The SMILES string of the molecule is C[C@]12CCC[C@@]1(C)C=C[C@@]2(C)C/C(O)=C/[N+]#N. The second-order valence-corrected chi connectivity index (χ2v) is 6.27. The van der Waals surface area contributed by atoms with Crippen molar-refractivity contribution in [1.82, 2.24) is 0 Å². The number of aliphatic hydroxyl groups excluding tert-OH is 1. The molecule has 0 radical (unpaired) electrons. The lowest BCUT2D eigenvalue weighted by molar-refractivity contribution is 0.0485. The molecule has 0 saturated heterocycles. The van der Waals surface area contributed by atoms with E-state index >= 15 is 0 Å². The second-order valence-electron chi connectivity index (χ2n) is 6.27. The van der Waals surface area contributed by atoms with Crippen molar-refractivity contribution < 1.29 is 5.11 Å². The van der Waals surface area contributed by atoms with E-state index in [1.807, 2.05) is 0 Å². The molecule has 3 atom stereocenters. The molecular weight excluding hydrogens is 212 g/mol. The normalized spacial score (nSPS) is 44.7. The Morgan fingerprint density at radius 1 is 1.35 bits per heavy atom. The minimum atomic E-state index is -0.0521. The Morgan fingerprint density at radius 2 is 2.06 bits per heavy atom. The quantitative estimate of drug-likeness (QED) is 0.436. The van der Waals surface area contributed by atoms with Crippen molar-refractivity contribution in [3.63, 3.8) is 0 Å². The van der Waals surface area contributed by atoms with Crippen LogP contribution < -0.4 is 0 Å². The summed E-state index contributed by atoms with van der Waals surface area (Å²) in [6.07, 6.45) is 9.91. The molecule has 1 N–H and O–H groups in total. The number of diazo groups is 1. The summed E-state index contributed by atoms with van der Waals surface area (Å²) in [7, 11) is 0. The summed E-state index contributed by atoms with van der Waals surface area (Å²) in [5.74, 6) is 0.150. The molecule has 0 aromatic rings. The molecule has 92 valence electrons. The Kier molecular flexibility index (Phi) is 2.57. The van der Waals surface area contributed by atoms with Crippen LogP contribution in [-0.4, -0.2) is 5.11 Å². The maximum Gasteiger partial charge on any atom is 0.387 e. The standard InChI is InChI=1S/C14H20N2O/c1-12-5-4-6-14(12,3)13(2,8-7-12)9-11(17)10-16-15/h7-8,10H,4-6,9H2,1-3H3/p+1/b11-10-/t12-,13-,14-/m0/s1. The first-order valence-electron chi connectivity index (χ1n) is 6.30. The molecule has 1 fully saturated rings. The van der Waals surface area contributed by atoms with Gasteiger partial charge in [0.2, 0.25) is 5.39 Å². The highest BCUT2D eigenvalue weighted by molar-refractivity contribution is 5.28. The number of aliphatic hydroxyl groups is 1. The molecule has 3 nitrogen and oxygen atoms in total. The van der Waals surface area contributed by atoms with Gasteiger partial charge in [0, 0.05) is 6.42 Å². The lowest BCUT2D eigenvalue weighted by Gasteiger charge is -2.46. The van der Waals surface area contributed by atoms with Gasteiger partial charge < -0.3 is 5.11 Å². The Bertz CT molecular complexity index is 434. The fraction of sp³-hybridized carbons (Fsp3) is 0.714. The summed E-state index contributed by atoms with van der Waals surface area (Å²) in [5.41, 5.74) is 0.388. The van der Waals surface area contributed by atoms with Gasteiger partial charge in [-0.05, 0) is 29.1 Å². The van der Waals surface area contributed by atoms with Crippen molar-refractivity contribution in [3.8, 4) is 0 Å². The highest BCUT2D eigenvalue weighted by Crippen LogP contribution is 2.68. The Balaban J connectivity index is 2.32. The number of nitrogens with zero attached hydrogens (tertiary/aromatic N) is 2. The molecule has 1 saturated carbocycles. The van der Waals surface area contributed by atoms with Gasteiger partial charge in [0.1, 0.15) is 0 Å². The third kappa shape index (κ3) is 1.50. The van der Waals surface area contributed by atoms with Crippen LogP contribution in [0.5, 0.6) is 0 Å². The highest BCUT2D eigenvalue weighted by atomic mass is 16.3. The molecule has 2 aliphatic carbocycles. The summed E-state index contributed by atoms with van der Waals surface area (Å²) in [4.78, 5) is 2.90. The van der Waals surface area contributed by atoms with Crippen LogP contribution in [0.4, 0.5) is 0 Å². The average molecular weight is 233 g/mol. The molecular formula is C14H21N2O+. The largest absolute Gasteiger partial charge is 0.505 e. The van der Waals surface area contributed by atoms with Crippen LogP contribution >= 0.6 is 0 Å². The van der Waals surface area contributed by atoms with Gasteiger partial charge in [0.25, 0.3) is 0 Å². The molecule has 0 aliphatic heterocycles. The van der Waals surface area contributed by atoms with Crippen molar-refractivity contribution in [1.29, 1.82) is 5.39 Å². The Hall–Kier alpha value is -1.30. The zero-order chi connectivity index (χ0) is 12.7. The van der Waals surface area contributed by atoms with Gasteiger partial charge in [0.15, 0.2) is 10.7 Å². The third-order valence-electron chi connectivity index (χ3n) is 5.47. The van der Waals surface area contributed by atoms with E-state index in [2.05, 4.69) is 37.9 Å². The minimum Gasteiger partial charge on any atom is -0.505 e. The Morgan fingerprint density at radius 3 is 2.71 bits per heavy atom. The van der Waals surface area contributed by atoms with Crippen molar-refractivity contribution in [2.75, 3.05) is 0 Å². The van der Waals surface area contributed by atoms with Crippen molar-refractivity contribution >= 4 is 0 Å². The van der Waals surface area contributed by atoms with E-state index in [9.17, 15) is 5.11 Å². The molecule has 2 aliphatic rings. The van der Waals surface area contributed by atoms with Crippen LogP contribution in [0.3, 0.4) is 0 Å². The zero-order valence-electron chi connectivity index (χ0n) is 10.9. The molecule has 3 heteroatoms. The van der Waals surface area contributed by atoms with E-state index in [-0.39, 0.29) is 22.0 Å². The van der Waals surface area contributed by atoms with E-state index in [4.69, 9.17) is 5.39 Å². The lowest BCUT2D eigenvalue weighted by atomic mass is 9.58. The smallest absolute Gasteiger partial charge is 0.387 e. The van der Waals surface area contributed by atoms with Crippen molar-refractivity contribution in [2.45, 2.75) is 46.5 Å². The van der Waals surface area contributed by atoms with Gasteiger partial charge in [-0.15, -0.1) is 0 Å². The second kappa shape index (κ2) is 3.60. The summed E-state index contributed by atoms with van der Waals surface area (Å²) >= 11 is 0. The molecule has 0 amide bonds. The van der Waals surface area contributed by atoms with E-state index in [1.165, 1.54) is 19.3 Å².